The van der Waals surface area contributed by atoms with Crippen LogP contribution in [0.15, 0.2) is 41.2 Å². The van der Waals surface area contributed by atoms with Crippen LogP contribution >= 0.6 is 11.3 Å². The van der Waals surface area contributed by atoms with E-state index in [4.69, 9.17) is 9.26 Å². The minimum Gasteiger partial charge on any atom is -0.357 e. The van der Waals surface area contributed by atoms with Crippen molar-refractivity contribution in [2.24, 2.45) is 0 Å². The van der Waals surface area contributed by atoms with Crippen molar-refractivity contribution in [3.8, 4) is 10.6 Å². The maximum absolute atomic E-state index is 12.5. The lowest BCUT2D eigenvalue weighted by Crippen LogP contribution is -2.18. The molecule has 1 aromatic carbocycles. The van der Waals surface area contributed by atoms with Gasteiger partial charge in [-0.1, -0.05) is 28.6 Å². The van der Waals surface area contributed by atoms with Crippen molar-refractivity contribution in [3.63, 3.8) is 0 Å². The molecule has 10 heteroatoms. The number of anilines is 1. The molecule has 142 valence electrons. The highest BCUT2D eigenvalue weighted by molar-refractivity contribution is 7.18. The SMILES string of the molecule is O=C(Nc1nnc(-c2cnn(C3CCCCO3)c2)s1)c1onc2ccccc12. The third-order valence-electron chi connectivity index (χ3n) is 4.53. The highest BCUT2D eigenvalue weighted by Gasteiger charge is 2.20. The molecule has 1 N–H and O–H groups in total. The smallest absolute Gasteiger partial charge is 0.296 e. The molecule has 3 aromatic heterocycles. The average Bonchev–Trinajstić information content (AvgIpc) is 3.47. The molecule has 0 aliphatic carbocycles. The summed E-state index contributed by atoms with van der Waals surface area (Å²) in [7, 11) is 0. The van der Waals surface area contributed by atoms with Crippen LogP contribution in [0.3, 0.4) is 0 Å². The third kappa shape index (κ3) is 3.16. The first-order chi connectivity index (χ1) is 13.8. The number of hydrogen-bond acceptors (Lipinski definition) is 8. The molecule has 1 aliphatic heterocycles. The van der Waals surface area contributed by atoms with E-state index in [0.29, 0.717) is 21.0 Å². The number of carbonyl (C=O) groups is 1. The molecule has 4 aromatic rings. The number of aromatic nitrogens is 5. The lowest BCUT2D eigenvalue weighted by atomic mass is 10.2. The normalized spacial score (nSPS) is 17.1. The molecule has 0 bridgehead atoms. The average molecular weight is 396 g/mol. The van der Waals surface area contributed by atoms with Gasteiger partial charge in [0.1, 0.15) is 11.7 Å². The van der Waals surface area contributed by atoms with E-state index in [1.54, 1.807) is 18.3 Å². The Bertz CT molecular complexity index is 1130. The number of benzene rings is 1. The predicted molar refractivity (Wildman–Crippen MR) is 102 cm³/mol. The fourth-order valence-corrected chi connectivity index (χ4v) is 3.85. The Balaban J connectivity index is 1.32. The molecule has 4 heterocycles. The second-order valence-electron chi connectivity index (χ2n) is 6.43. The van der Waals surface area contributed by atoms with E-state index < -0.39 is 5.91 Å². The van der Waals surface area contributed by atoms with Crippen molar-refractivity contribution < 1.29 is 14.1 Å². The van der Waals surface area contributed by atoms with Gasteiger partial charge in [-0.2, -0.15) is 5.10 Å². The Labute approximate surface area is 163 Å². The first-order valence-corrected chi connectivity index (χ1v) is 9.75. The van der Waals surface area contributed by atoms with Gasteiger partial charge in [-0.3, -0.25) is 10.1 Å². The van der Waals surface area contributed by atoms with Crippen LogP contribution in [0, 0.1) is 0 Å². The van der Waals surface area contributed by atoms with Gasteiger partial charge >= 0.3 is 0 Å². The van der Waals surface area contributed by atoms with Crippen LogP contribution in [0.4, 0.5) is 5.13 Å². The summed E-state index contributed by atoms with van der Waals surface area (Å²) in [6.07, 6.45) is 6.76. The van der Waals surface area contributed by atoms with E-state index in [1.807, 2.05) is 23.0 Å². The van der Waals surface area contributed by atoms with Crippen molar-refractivity contribution in [2.75, 3.05) is 11.9 Å². The van der Waals surface area contributed by atoms with Crippen LogP contribution in [-0.4, -0.2) is 37.6 Å². The van der Waals surface area contributed by atoms with Crippen molar-refractivity contribution >= 4 is 33.3 Å². The van der Waals surface area contributed by atoms with Gasteiger partial charge in [-0.05, 0) is 31.4 Å². The number of nitrogens with one attached hydrogen (secondary N) is 1. The van der Waals surface area contributed by atoms with Gasteiger partial charge in [0.15, 0.2) is 5.01 Å². The fourth-order valence-electron chi connectivity index (χ4n) is 3.14. The largest absolute Gasteiger partial charge is 0.357 e. The lowest BCUT2D eigenvalue weighted by Gasteiger charge is -2.22. The number of carbonyl (C=O) groups excluding carboxylic acids is 1. The zero-order chi connectivity index (χ0) is 18.9. The quantitative estimate of drug-likeness (QED) is 0.562. The molecule has 9 nitrogen and oxygen atoms in total. The van der Waals surface area contributed by atoms with E-state index in [1.165, 1.54) is 11.3 Å². The Morgan fingerprint density at radius 3 is 3.07 bits per heavy atom. The number of ether oxygens (including phenoxy) is 1. The van der Waals surface area contributed by atoms with Gasteiger partial charge in [-0.25, -0.2) is 4.68 Å². The standard InChI is InChI=1S/C18H16N6O3S/c25-16(15-12-5-1-2-6-13(12)23-27-15)20-18-22-21-17(28-18)11-9-19-24(10-11)14-7-3-4-8-26-14/h1-2,5-6,9-10,14H,3-4,7-8H2,(H,20,22,25). The summed E-state index contributed by atoms with van der Waals surface area (Å²) in [6.45, 7) is 0.755. The summed E-state index contributed by atoms with van der Waals surface area (Å²) in [4.78, 5) is 12.5. The molecule has 0 spiro atoms. The van der Waals surface area contributed by atoms with E-state index in [9.17, 15) is 4.79 Å². The molecule has 28 heavy (non-hydrogen) atoms. The molecule has 1 atom stereocenters. The highest BCUT2D eigenvalue weighted by Crippen LogP contribution is 2.29. The van der Waals surface area contributed by atoms with Crippen LogP contribution in [0.1, 0.15) is 36.0 Å². The summed E-state index contributed by atoms with van der Waals surface area (Å²) >= 11 is 1.27. The minimum atomic E-state index is -0.414. The molecule has 5 rings (SSSR count). The van der Waals surface area contributed by atoms with Crippen molar-refractivity contribution in [2.45, 2.75) is 25.5 Å². The van der Waals surface area contributed by atoms with E-state index in [-0.39, 0.29) is 12.0 Å². The summed E-state index contributed by atoms with van der Waals surface area (Å²) in [5.41, 5.74) is 1.46. The highest BCUT2D eigenvalue weighted by atomic mass is 32.1. The molecular formula is C18H16N6O3S. The van der Waals surface area contributed by atoms with E-state index in [0.717, 1.165) is 31.4 Å². The maximum Gasteiger partial charge on any atom is 0.296 e. The molecule has 0 saturated carbocycles. The predicted octanol–water partition coefficient (Wildman–Crippen LogP) is 3.49. The summed E-state index contributed by atoms with van der Waals surface area (Å²) < 4.78 is 12.7. The number of nitrogens with zero attached hydrogens (tertiary/aromatic N) is 5. The topological polar surface area (TPSA) is 108 Å². The Morgan fingerprint density at radius 1 is 1.25 bits per heavy atom. The fraction of sp³-hybridized carbons (Fsp3) is 0.278. The third-order valence-corrected chi connectivity index (χ3v) is 5.42. The minimum absolute atomic E-state index is 0.0330. The monoisotopic (exact) mass is 396 g/mol. The van der Waals surface area contributed by atoms with E-state index >= 15 is 0 Å². The van der Waals surface area contributed by atoms with Crippen molar-refractivity contribution in [1.82, 2.24) is 25.1 Å². The molecule has 1 unspecified atom stereocenters. The molecular weight excluding hydrogens is 380 g/mol. The number of fused-ring (bicyclic) bond motifs is 1. The second-order valence-corrected chi connectivity index (χ2v) is 7.40. The van der Waals surface area contributed by atoms with Crippen LogP contribution < -0.4 is 5.32 Å². The number of hydrogen-bond donors (Lipinski definition) is 1. The summed E-state index contributed by atoms with van der Waals surface area (Å²) in [6, 6.07) is 7.23. The molecule has 1 aliphatic rings. The van der Waals surface area contributed by atoms with Crippen LogP contribution in [-0.2, 0) is 4.74 Å². The maximum atomic E-state index is 12.5. The van der Waals surface area contributed by atoms with Gasteiger partial charge in [0, 0.05) is 12.8 Å². The van der Waals surface area contributed by atoms with Gasteiger partial charge < -0.3 is 9.26 Å². The zero-order valence-electron chi connectivity index (χ0n) is 14.7. The first kappa shape index (κ1) is 17.0. The molecule has 1 amide bonds. The van der Waals surface area contributed by atoms with Gasteiger partial charge in [-0.15, -0.1) is 10.2 Å². The lowest BCUT2D eigenvalue weighted by molar-refractivity contribution is -0.0394. The van der Waals surface area contributed by atoms with E-state index in [2.05, 4.69) is 25.8 Å². The zero-order valence-corrected chi connectivity index (χ0v) is 15.6. The summed E-state index contributed by atoms with van der Waals surface area (Å²) in [5.74, 6) is -0.266. The van der Waals surface area contributed by atoms with Crippen LogP contribution in [0.25, 0.3) is 21.5 Å². The second kappa shape index (κ2) is 7.13. The van der Waals surface area contributed by atoms with Crippen LogP contribution in [0.5, 0.6) is 0 Å². The van der Waals surface area contributed by atoms with Crippen molar-refractivity contribution in [1.29, 1.82) is 0 Å². The number of rotatable bonds is 4. The Kier molecular flexibility index (Phi) is 4.34. The van der Waals surface area contributed by atoms with Gasteiger partial charge in [0.2, 0.25) is 10.9 Å². The first-order valence-electron chi connectivity index (χ1n) is 8.93. The molecule has 1 saturated heterocycles. The summed E-state index contributed by atoms with van der Waals surface area (Å²) in [5, 5.41) is 20.9. The Morgan fingerprint density at radius 2 is 2.18 bits per heavy atom. The van der Waals surface area contributed by atoms with Crippen LogP contribution in [0.2, 0.25) is 0 Å². The van der Waals surface area contributed by atoms with Crippen molar-refractivity contribution in [3.05, 3.63) is 42.4 Å². The Hall–Kier alpha value is -3.11. The van der Waals surface area contributed by atoms with Gasteiger partial charge in [0.25, 0.3) is 5.91 Å². The molecule has 1 fully saturated rings. The number of amides is 1. The molecule has 0 radical (unpaired) electrons. The van der Waals surface area contributed by atoms with Gasteiger partial charge in [0.05, 0.1) is 17.1 Å².